The van der Waals surface area contributed by atoms with Crippen LogP contribution in [0.5, 0.6) is 0 Å². The van der Waals surface area contributed by atoms with E-state index < -0.39 is 6.10 Å². The molecule has 0 aromatic carbocycles. The molecule has 1 heterocycles. The van der Waals surface area contributed by atoms with E-state index in [1.165, 1.54) is 15.3 Å². The van der Waals surface area contributed by atoms with Gasteiger partial charge in [0.15, 0.2) is 0 Å². The third-order valence-electron chi connectivity index (χ3n) is 3.72. The smallest absolute Gasteiger partial charge is 0.226 e. The zero-order valence-corrected chi connectivity index (χ0v) is 12.0. The van der Waals surface area contributed by atoms with E-state index in [1.807, 2.05) is 6.92 Å². The molecule has 0 bridgehead atoms. The number of carbonyl (C=O) groups excluding carboxylic acids is 1. The third kappa shape index (κ3) is 2.75. The van der Waals surface area contributed by atoms with Gasteiger partial charge in [-0.2, -0.15) is 0 Å². The number of aryl methyl sites for hydroxylation is 2. The number of aliphatic hydroxyl groups excluding tert-OH is 1. The zero-order valence-electron chi connectivity index (χ0n) is 11.2. The van der Waals surface area contributed by atoms with Gasteiger partial charge in [0.1, 0.15) is 0 Å². The van der Waals surface area contributed by atoms with Gasteiger partial charge in [-0.25, -0.2) is 0 Å². The SMILES string of the molecule is Cc1cc(C(C)NC(=O)C2CCCC2O)c(C)s1. The van der Waals surface area contributed by atoms with Gasteiger partial charge in [-0.15, -0.1) is 11.3 Å². The Bertz CT molecular complexity index is 441. The summed E-state index contributed by atoms with van der Waals surface area (Å²) in [6.45, 7) is 6.17. The van der Waals surface area contributed by atoms with Gasteiger partial charge in [0, 0.05) is 9.75 Å². The molecule has 1 aromatic heterocycles. The van der Waals surface area contributed by atoms with Crippen LogP contribution in [-0.2, 0) is 4.79 Å². The molecule has 1 aliphatic carbocycles. The molecule has 3 unspecified atom stereocenters. The van der Waals surface area contributed by atoms with Gasteiger partial charge in [-0.05, 0) is 51.7 Å². The normalized spacial score (nSPS) is 25.1. The molecule has 3 nitrogen and oxygen atoms in total. The van der Waals surface area contributed by atoms with Crippen molar-refractivity contribution in [1.82, 2.24) is 5.32 Å². The maximum absolute atomic E-state index is 12.1. The Morgan fingerprint density at radius 3 is 2.72 bits per heavy atom. The largest absolute Gasteiger partial charge is 0.392 e. The topological polar surface area (TPSA) is 49.3 Å². The van der Waals surface area contributed by atoms with Crippen molar-refractivity contribution in [1.29, 1.82) is 0 Å². The van der Waals surface area contributed by atoms with Crippen LogP contribution in [0.3, 0.4) is 0 Å². The second kappa shape index (κ2) is 5.41. The molecule has 0 saturated heterocycles. The van der Waals surface area contributed by atoms with Gasteiger partial charge in [-0.1, -0.05) is 0 Å². The predicted molar refractivity (Wildman–Crippen MR) is 73.7 cm³/mol. The van der Waals surface area contributed by atoms with Gasteiger partial charge >= 0.3 is 0 Å². The van der Waals surface area contributed by atoms with Crippen molar-refractivity contribution in [3.05, 3.63) is 21.4 Å². The van der Waals surface area contributed by atoms with Crippen LogP contribution in [0.25, 0.3) is 0 Å². The second-order valence-electron chi connectivity index (χ2n) is 5.20. The van der Waals surface area contributed by atoms with E-state index in [2.05, 4.69) is 25.2 Å². The first-order valence-electron chi connectivity index (χ1n) is 6.54. The first kappa shape index (κ1) is 13.6. The van der Waals surface area contributed by atoms with E-state index in [9.17, 15) is 9.90 Å². The minimum absolute atomic E-state index is 0.00393. The summed E-state index contributed by atoms with van der Waals surface area (Å²) in [5.41, 5.74) is 1.19. The summed E-state index contributed by atoms with van der Waals surface area (Å²) in [6, 6.07) is 2.16. The van der Waals surface area contributed by atoms with E-state index in [-0.39, 0.29) is 17.9 Å². The molecular formula is C14H21NO2S. The first-order valence-corrected chi connectivity index (χ1v) is 7.36. The number of nitrogens with one attached hydrogen (secondary N) is 1. The van der Waals surface area contributed by atoms with Gasteiger partial charge in [0.25, 0.3) is 0 Å². The summed E-state index contributed by atoms with van der Waals surface area (Å²) in [6.07, 6.45) is 2.05. The molecule has 1 aromatic rings. The Balaban J connectivity index is 2.01. The van der Waals surface area contributed by atoms with E-state index >= 15 is 0 Å². The average Bonchev–Trinajstić information content (AvgIpc) is 2.84. The highest BCUT2D eigenvalue weighted by Gasteiger charge is 2.32. The lowest BCUT2D eigenvalue weighted by Crippen LogP contribution is -2.36. The Morgan fingerprint density at radius 2 is 2.22 bits per heavy atom. The number of aliphatic hydroxyl groups is 1. The van der Waals surface area contributed by atoms with Crippen molar-refractivity contribution < 1.29 is 9.90 Å². The van der Waals surface area contributed by atoms with Crippen LogP contribution < -0.4 is 5.32 Å². The average molecular weight is 267 g/mol. The van der Waals surface area contributed by atoms with E-state index in [0.29, 0.717) is 0 Å². The standard InChI is InChI=1S/C14H21NO2S/c1-8-7-12(10(3)18-8)9(2)15-14(17)11-5-4-6-13(11)16/h7,9,11,13,16H,4-6H2,1-3H3,(H,15,17). The monoisotopic (exact) mass is 267 g/mol. The maximum Gasteiger partial charge on any atom is 0.226 e. The molecule has 1 amide bonds. The number of hydrogen-bond acceptors (Lipinski definition) is 3. The van der Waals surface area contributed by atoms with Gasteiger partial charge in [0.05, 0.1) is 18.1 Å². The van der Waals surface area contributed by atoms with Crippen LogP contribution in [-0.4, -0.2) is 17.1 Å². The lowest BCUT2D eigenvalue weighted by atomic mass is 10.0. The van der Waals surface area contributed by atoms with E-state index in [0.717, 1.165) is 19.3 Å². The summed E-state index contributed by atoms with van der Waals surface area (Å²) in [7, 11) is 0. The molecule has 4 heteroatoms. The quantitative estimate of drug-likeness (QED) is 0.884. The molecule has 3 atom stereocenters. The summed E-state index contributed by atoms with van der Waals surface area (Å²) < 4.78 is 0. The van der Waals surface area contributed by atoms with Crippen LogP contribution in [0.15, 0.2) is 6.07 Å². The molecule has 0 aliphatic heterocycles. The lowest BCUT2D eigenvalue weighted by molar-refractivity contribution is -0.128. The Morgan fingerprint density at radius 1 is 1.50 bits per heavy atom. The highest BCUT2D eigenvalue weighted by atomic mass is 32.1. The summed E-state index contributed by atoms with van der Waals surface area (Å²) in [4.78, 5) is 14.6. The van der Waals surface area contributed by atoms with Crippen molar-refractivity contribution in [2.75, 3.05) is 0 Å². The fourth-order valence-corrected chi connectivity index (χ4v) is 3.75. The maximum atomic E-state index is 12.1. The van der Waals surface area contributed by atoms with Crippen LogP contribution in [0.2, 0.25) is 0 Å². The Labute approximate surface area is 112 Å². The van der Waals surface area contributed by atoms with Crippen LogP contribution in [0, 0.1) is 19.8 Å². The number of hydrogen-bond donors (Lipinski definition) is 2. The highest BCUT2D eigenvalue weighted by molar-refractivity contribution is 7.12. The molecule has 100 valence electrons. The number of carbonyl (C=O) groups is 1. The molecular weight excluding hydrogens is 246 g/mol. The number of thiophene rings is 1. The molecule has 18 heavy (non-hydrogen) atoms. The molecule has 1 saturated carbocycles. The van der Waals surface area contributed by atoms with Crippen molar-refractivity contribution >= 4 is 17.2 Å². The summed E-state index contributed by atoms with van der Waals surface area (Å²) >= 11 is 1.76. The fourth-order valence-electron chi connectivity index (χ4n) is 2.72. The third-order valence-corrected chi connectivity index (χ3v) is 4.70. The highest BCUT2D eigenvalue weighted by Crippen LogP contribution is 2.29. The lowest BCUT2D eigenvalue weighted by Gasteiger charge is -2.19. The molecule has 0 radical (unpaired) electrons. The predicted octanol–water partition coefficient (Wildman–Crippen LogP) is 2.70. The molecule has 1 aliphatic rings. The Kier molecular flexibility index (Phi) is 4.07. The molecule has 1 fully saturated rings. The Hall–Kier alpha value is -0.870. The molecule has 2 rings (SSSR count). The van der Waals surface area contributed by atoms with Crippen molar-refractivity contribution in [2.24, 2.45) is 5.92 Å². The van der Waals surface area contributed by atoms with Crippen molar-refractivity contribution in [2.45, 2.75) is 52.2 Å². The number of amides is 1. The molecule has 0 spiro atoms. The minimum atomic E-state index is -0.456. The van der Waals surface area contributed by atoms with Gasteiger partial charge in [0.2, 0.25) is 5.91 Å². The fraction of sp³-hybridized carbons (Fsp3) is 0.643. The van der Waals surface area contributed by atoms with Crippen molar-refractivity contribution in [3.63, 3.8) is 0 Å². The summed E-state index contributed by atoms with van der Waals surface area (Å²) in [5.74, 6) is -0.219. The van der Waals surface area contributed by atoms with E-state index in [1.54, 1.807) is 11.3 Å². The first-order chi connectivity index (χ1) is 8.49. The molecule has 2 N–H and O–H groups in total. The van der Waals surface area contributed by atoms with Crippen LogP contribution >= 0.6 is 11.3 Å². The summed E-state index contributed by atoms with van der Waals surface area (Å²) in [5, 5.41) is 12.8. The second-order valence-corrected chi connectivity index (χ2v) is 6.66. The van der Waals surface area contributed by atoms with Gasteiger partial charge < -0.3 is 10.4 Å². The van der Waals surface area contributed by atoms with Crippen LogP contribution in [0.4, 0.5) is 0 Å². The number of rotatable bonds is 3. The van der Waals surface area contributed by atoms with Crippen molar-refractivity contribution in [3.8, 4) is 0 Å². The van der Waals surface area contributed by atoms with Crippen LogP contribution in [0.1, 0.15) is 47.5 Å². The van der Waals surface area contributed by atoms with Gasteiger partial charge in [-0.3, -0.25) is 4.79 Å². The minimum Gasteiger partial charge on any atom is -0.392 e. The van der Waals surface area contributed by atoms with E-state index in [4.69, 9.17) is 0 Å². The zero-order chi connectivity index (χ0) is 13.3.